The van der Waals surface area contributed by atoms with E-state index >= 15 is 0 Å². The first-order chi connectivity index (χ1) is 13.6. The maximum Gasteiger partial charge on any atom is 0.313 e. The topological polar surface area (TPSA) is 85.9 Å². The highest BCUT2D eigenvalue weighted by atomic mass is 16.5. The third kappa shape index (κ3) is 5.90. The predicted molar refractivity (Wildman–Crippen MR) is 107 cm³/mol. The van der Waals surface area contributed by atoms with E-state index < -0.39 is 11.8 Å². The Morgan fingerprint density at radius 3 is 2.32 bits per heavy atom. The van der Waals surface area contributed by atoms with Gasteiger partial charge >= 0.3 is 11.8 Å². The third-order valence-corrected chi connectivity index (χ3v) is 3.87. The number of hydrogen-bond acceptors (Lipinski definition) is 5. The van der Waals surface area contributed by atoms with Crippen LogP contribution < -0.4 is 24.8 Å². The Kier molecular flexibility index (Phi) is 8.14. The van der Waals surface area contributed by atoms with E-state index in [2.05, 4.69) is 10.6 Å². The van der Waals surface area contributed by atoms with Gasteiger partial charge in [-0.3, -0.25) is 9.59 Å². The Morgan fingerprint density at radius 1 is 0.893 bits per heavy atom. The van der Waals surface area contributed by atoms with Crippen molar-refractivity contribution in [3.8, 4) is 17.2 Å². The second-order valence-corrected chi connectivity index (χ2v) is 5.81. The molecule has 0 aliphatic heterocycles. The summed E-state index contributed by atoms with van der Waals surface area (Å²) in [6.07, 6.45) is 0.556. The molecule has 0 aliphatic carbocycles. The Hall–Kier alpha value is -3.22. The van der Waals surface area contributed by atoms with E-state index in [-0.39, 0.29) is 0 Å². The highest BCUT2D eigenvalue weighted by Crippen LogP contribution is 2.28. The first kappa shape index (κ1) is 21.1. The Balaban J connectivity index is 1.89. The number of carbonyl (C=O) groups excluding carboxylic acids is 2. The molecule has 2 aromatic rings. The zero-order chi connectivity index (χ0) is 20.4. The molecule has 2 rings (SSSR count). The van der Waals surface area contributed by atoms with Gasteiger partial charge in [-0.2, -0.15) is 0 Å². The van der Waals surface area contributed by atoms with Crippen LogP contribution >= 0.6 is 0 Å². The lowest BCUT2D eigenvalue weighted by atomic mass is 10.1. The van der Waals surface area contributed by atoms with Gasteiger partial charge in [0.1, 0.15) is 5.75 Å². The van der Waals surface area contributed by atoms with Crippen molar-refractivity contribution in [1.82, 2.24) is 5.32 Å². The Bertz CT molecular complexity index is 807. The molecule has 0 bridgehead atoms. The molecule has 150 valence electrons. The van der Waals surface area contributed by atoms with Gasteiger partial charge < -0.3 is 24.8 Å². The molecule has 0 saturated heterocycles. The summed E-state index contributed by atoms with van der Waals surface area (Å²) in [7, 11) is 1.50. The van der Waals surface area contributed by atoms with Crippen LogP contribution in [-0.2, 0) is 16.0 Å². The van der Waals surface area contributed by atoms with Crippen molar-refractivity contribution in [2.75, 3.05) is 32.2 Å². The fourth-order valence-corrected chi connectivity index (χ4v) is 2.58. The van der Waals surface area contributed by atoms with Gasteiger partial charge in [0, 0.05) is 6.54 Å². The molecule has 7 nitrogen and oxygen atoms in total. The number of para-hydroxylation sites is 2. The fourth-order valence-electron chi connectivity index (χ4n) is 2.58. The van der Waals surface area contributed by atoms with E-state index in [1.807, 2.05) is 32.0 Å². The molecule has 0 saturated carbocycles. The van der Waals surface area contributed by atoms with Crippen LogP contribution in [0.5, 0.6) is 17.2 Å². The van der Waals surface area contributed by atoms with Crippen LogP contribution in [0.15, 0.2) is 42.5 Å². The van der Waals surface area contributed by atoms with Crippen molar-refractivity contribution in [2.45, 2.75) is 20.3 Å². The summed E-state index contributed by atoms with van der Waals surface area (Å²) >= 11 is 0. The fraction of sp³-hybridized carbons (Fsp3) is 0.333. The lowest BCUT2D eigenvalue weighted by Gasteiger charge is -2.13. The zero-order valence-electron chi connectivity index (χ0n) is 16.4. The SMILES string of the molecule is CCOc1ccc(CCNC(=O)C(=O)Nc2ccccc2OC)cc1OCC. The molecule has 0 spiro atoms. The van der Waals surface area contributed by atoms with Crippen LogP contribution in [-0.4, -0.2) is 38.7 Å². The van der Waals surface area contributed by atoms with Gasteiger partial charge in [0.2, 0.25) is 0 Å². The van der Waals surface area contributed by atoms with Crippen LogP contribution in [0.2, 0.25) is 0 Å². The lowest BCUT2D eigenvalue weighted by molar-refractivity contribution is -0.136. The molecule has 2 aromatic carbocycles. The molecule has 0 heterocycles. The first-order valence-corrected chi connectivity index (χ1v) is 9.19. The molecule has 2 N–H and O–H groups in total. The highest BCUT2D eigenvalue weighted by molar-refractivity contribution is 6.39. The van der Waals surface area contributed by atoms with Crippen molar-refractivity contribution >= 4 is 17.5 Å². The van der Waals surface area contributed by atoms with Gasteiger partial charge in [0.25, 0.3) is 0 Å². The van der Waals surface area contributed by atoms with E-state index in [0.29, 0.717) is 49.1 Å². The molecule has 2 amide bonds. The average molecular weight is 386 g/mol. The van der Waals surface area contributed by atoms with Gasteiger partial charge in [-0.15, -0.1) is 0 Å². The molecule has 0 atom stereocenters. The molecule has 0 radical (unpaired) electrons. The minimum absolute atomic E-state index is 0.317. The van der Waals surface area contributed by atoms with E-state index in [9.17, 15) is 9.59 Å². The van der Waals surface area contributed by atoms with Crippen molar-refractivity contribution in [3.05, 3.63) is 48.0 Å². The maximum atomic E-state index is 12.1. The van der Waals surface area contributed by atoms with Crippen molar-refractivity contribution in [1.29, 1.82) is 0 Å². The van der Waals surface area contributed by atoms with Crippen molar-refractivity contribution in [3.63, 3.8) is 0 Å². The summed E-state index contributed by atoms with van der Waals surface area (Å²) in [5.41, 5.74) is 1.41. The average Bonchev–Trinajstić information content (AvgIpc) is 2.70. The molecule has 0 aliphatic rings. The number of anilines is 1. The minimum Gasteiger partial charge on any atom is -0.495 e. The first-order valence-electron chi connectivity index (χ1n) is 9.19. The van der Waals surface area contributed by atoms with Gasteiger partial charge in [-0.25, -0.2) is 0 Å². The van der Waals surface area contributed by atoms with Crippen LogP contribution in [0, 0.1) is 0 Å². The standard InChI is InChI=1S/C21H26N2O5/c1-4-27-18-11-10-15(14-19(18)28-5-2)12-13-22-20(24)21(25)23-16-8-6-7-9-17(16)26-3/h6-11,14H,4-5,12-13H2,1-3H3,(H,22,24)(H,23,25). The van der Waals surface area contributed by atoms with Crippen LogP contribution in [0.3, 0.4) is 0 Å². The number of nitrogens with one attached hydrogen (secondary N) is 2. The lowest BCUT2D eigenvalue weighted by Crippen LogP contribution is -2.36. The zero-order valence-corrected chi connectivity index (χ0v) is 16.4. The molecule has 0 fully saturated rings. The van der Waals surface area contributed by atoms with E-state index in [0.717, 1.165) is 5.56 Å². The van der Waals surface area contributed by atoms with E-state index in [1.54, 1.807) is 24.3 Å². The molecular formula is C21H26N2O5. The van der Waals surface area contributed by atoms with Crippen LogP contribution in [0.1, 0.15) is 19.4 Å². The Morgan fingerprint density at radius 2 is 1.61 bits per heavy atom. The Labute approximate surface area is 165 Å². The van der Waals surface area contributed by atoms with Gasteiger partial charge in [0.05, 0.1) is 26.0 Å². The minimum atomic E-state index is -0.744. The smallest absolute Gasteiger partial charge is 0.313 e. The second kappa shape index (κ2) is 10.8. The number of hydrogen-bond donors (Lipinski definition) is 2. The van der Waals surface area contributed by atoms with Gasteiger partial charge in [-0.1, -0.05) is 18.2 Å². The number of rotatable bonds is 9. The van der Waals surface area contributed by atoms with Gasteiger partial charge in [-0.05, 0) is 50.1 Å². The number of methoxy groups -OCH3 is 1. The summed E-state index contributed by atoms with van der Waals surface area (Å²) in [6.45, 7) is 5.22. The van der Waals surface area contributed by atoms with Gasteiger partial charge in [0.15, 0.2) is 11.5 Å². The highest BCUT2D eigenvalue weighted by Gasteiger charge is 2.15. The number of amides is 2. The largest absolute Gasteiger partial charge is 0.495 e. The number of ether oxygens (including phenoxy) is 3. The summed E-state index contributed by atoms with van der Waals surface area (Å²) < 4.78 is 16.3. The molecule has 28 heavy (non-hydrogen) atoms. The monoisotopic (exact) mass is 386 g/mol. The van der Waals surface area contributed by atoms with Crippen LogP contribution in [0.4, 0.5) is 5.69 Å². The van der Waals surface area contributed by atoms with Crippen LogP contribution in [0.25, 0.3) is 0 Å². The van der Waals surface area contributed by atoms with E-state index in [1.165, 1.54) is 7.11 Å². The van der Waals surface area contributed by atoms with Crippen molar-refractivity contribution in [2.24, 2.45) is 0 Å². The normalized spacial score (nSPS) is 10.1. The summed E-state index contributed by atoms with van der Waals surface area (Å²) in [6, 6.07) is 12.5. The van der Waals surface area contributed by atoms with E-state index in [4.69, 9.17) is 14.2 Å². The molecular weight excluding hydrogens is 360 g/mol. The molecule has 0 aromatic heterocycles. The maximum absolute atomic E-state index is 12.1. The number of carbonyl (C=O) groups is 2. The molecule has 0 unspecified atom stereocenters. The van der Waals surface area contributed by atoms with Crippen molar-refractivity contribution < 1.29 is 23.8 Å². The number of benzene rings is 2. The second-order valence-electron chi connectivity index (χ2n) is 5.81. The third-order valence-electron chi connectivity index (χ3n) is 3.87. The summed E-state index contributed by atoms with van der Waals surface area (Å²) in [5.74, 6) is 0.393. The quantitative estimate of drug-likeness (QED) is 0.647. The predicted octanol–water partition coefficient (Wildman–Crippen LogP) is 2.79. The molecule has 7 heteroatoms. The summed E-state index contributed by atoms with van der Waals surface area (Å²) in [4.78, 5) is 24.1. The summed E-state index contributed by atoms with van der Waals surface area (Å²) in [5, 5.41) is 5.16.